The summed E-state index contributed by atoms with van der Waals surface area (Å²) in [6.45, 7) is 3.00. The molecule has 1 aliphatic rings. The van der Waals surface area contributed by atoms with E-state index in [1.165, 1.54) is 21.6 Å². The number of carboxylic acids is 1. The summed E-state index contributed by atoms with van der Waals surface area (Å²) in [5.41, 5.74) is 1.89. The van der Waals surface area contributed by atoms with Gasteiger partial charge in [0, 0.05) is 50.0 Å². The van der Waals surface area contributed by atoms with Gasteiger partial charge in [0.1, 0.15) is 16.8 Å². The summed E-state index contributed by atoms with van der Waals surface area (Å²) >= 11 is 1.46. The van der Waals surface area contributed by atoms with Gasteiger partial charge in [-0.25, -0.2) is 14.8 Å². The third kappa shape index (κ3) is 8.53. The maximum Gasteiger partial charge on any atom is 0.409 e. The van der Waals surface area contributed by atoms with Gasteiger partial charge < -0.3 is 25.0 Å². The molecular weight excluding hydrogens is 558 g/mol. The molecule has 11 nitrogen and oxygen atoms in total. The Morgan fingerprint density at radius 2 is 1.60 bits per heavy atom. The smallest absolute Gasteiger partial charge is 0.409 e. The first-order valence-electron chi connectivity index (χ1n) is 13.7. The summed E-state index contributed by atoms with van der Waals surface area (Å²) in [5, 5.41) is 12.6. The molecule has 1 unspecified atom stereocenters. The van der Waals surface area contributed by atoms with E-state index in [2.05, 4.69) is 15.3 Å². The SMILES string of the molecule is CCOC(=O)N1CCN(C(=O)C(CCC(=O)O)NC(=O)c2cc(SCc3ccccc3)nc(-c3ccccc3)n2)CC1. The number of thioether (sulfide) groups is 1. The molecule has 0 spiro atoms. The Balaban J connectivity index is 1.53. The average molecular weight is 592 g/mol. The van der Waals surface area contributed by atoms with Crippen LogP contribution < -0.4 is 5.32 Å². The molecule has 12 heteroatoms. The maximum absolute atomic E-state index is 13.5. The third-order valence-electron chi connectivity index (χ3n) is 6.56. The normalized spacial score (nSPS) is 13.7. The number of ether oxygens (including phenoxy) is 1. The molecule has 1 aromatic heterocycles. The van der Waals surface area contributed by atoms with Gasteiger partial charge in [0.05, 0.1) is 6.61 Å². The number of carbonyl (C=O) groups excluding carboxylic acids is 3. The lowest BCUT2D eigenvalue weighted by molar-refractivity contribution is -0.138. The predicted octanol–water partition coefficient (Wildman–Crippen LogP) is 3.70. The van der Waals surface area contributed by atoms with Crippen molar-refractivity contribution >= 4 is 35.6 Å². The van der Waals surface area contributed by atoms with Crippen molar-refractivity contribution in [2.45, 2.75) is 36.6 Å². The molecule has 0 bridgehead atoms. The number of nitrogens with one attached hydrogen (secondary N) is 1. The number of nitrogens with zero attached hydrogens (tertiary/aromatic N) is 4. The first-order chi connectivity index (χ1) is 20.3. The Morgan fingerprint density at radius 1 is 0.952 bits per heavy atom. The monoisotopic (exact) mass is 591 g/mol. The number of hydrogen-bond acceptors (Lipinski definition) is 8. The summed E-state index contributed by atoms with van der Waals surface area (Å²) in [5.74, 6) is -1.11. The molecule has 1 saturated heterocycles. The van der Waals surface area contributed by atoms with E-state index in [4.69, 9.17) is 4.74 Å². The van der Waals surface area contributed by atoms with Crippen LogP contribution in [0, 0.1) is 0 Å². The predicted molar refractivity (Wildman–Crippen MR) is 157 cm³/mol. The summed E-state index contributed by atoms with van der Waals surface area (Å²) in [7, 11) is 0. The molecule has 1 fully saturated rings. The molecule has 3 amide bonds. The molecule has 42 heavy (non-hydrogen) atoms. The third-order valence-corrected chi connectivity index (χ3v) is 7.55. The van der Waals surface area contributed by atoms with Crippen molar-refractivity contribution < 1.29 is 29.0 Å². The molecule has 1 atom stereocenters. The van der Waals surface area contributed by atoms with E-state index in [0.717, 1.165) is 11.1 Å². The lowest BCUT2D eigenvalue weighted by Crippen LogP contribution is -2.56. The van der Waals surface area contributed by atoms with Gasteiger partial charge >= 0.3 is 12.1 Å². The molecule has 1 aliphatic heterocycles. The number of benzene rings is 2. The highest BCUT2D eigenvalue weighted by molar-refractivity contribution is 7.98. The lowest BCUT2D eigenvalue weighted by Gasteiger charge is -2.35. The van der Waals surface area contributed by atoms with Crippen molar-refractivity contribution in [2.24, 2.45) is 0 Å². The zero-order chi connectivity index (χ0) is 29.9. The number of carbonyl (C=O) groups is 4. The van der Waals surface area contributed by atoms with Crippen LogP contribution in [0.5, 0.6) is 0 Å². The minimum Gasteiger partial charge on any atom is -0.481 e. The summed E-state index contributed by atoms with van der Waals surface area (Å²) < 4.78 is 5.03. The van der Waals surface area contributed by atoms with Gasteiger partial charge in [-0.1, -0.05) is 60.7 Å². The summed E-state index contributed by atoms with van der Waals surface area (Å²) in [6, 6.07) is 19.6. The van der Waals surface area contributed by atoms with Gasteiger partial charge in [0.25, 0.3) is 5.91 Å². The molecule has 0 saturated carbocycles. The van der Waals surface area contributed by atoms with Gasteiger partial charge in [0.2, 0.25) is 5.91 Å². The largest absolute Gasteiger partial charge is 0.481 e. The standard InChI is InChI=1S/C30H33N5O6S/c1-2-41-30(40)35-17-15-34(16-18-35)29(39)23(13-14-26(36)37)32-28(38)24-19-25(42-20-21-9-5-3-6-10-21)33-27(31-24)22-11-7-4-8-12-22/h3-12,19,23H,2,13-18,20H2,1H3,(H,32,38)(H,36,37). The van der Waals surface area contributed by atoms with E-state index in [0.29, 0.717) is 16.6 Å². The average Bonchev–Trinajstić information content (AvgIpc) is 3.02. The highest BCUT2D eigenvalue weighted by Crippen LogP contribution is 2.25. The van der Waals surface area contributed by atoms with Crippen LogP contribution in [0.1, 0.15) is 35.8 Å². The van der Waals surface area contributed by atoms with Gasteiger partial charge in [-0.3, -0.25) is 14.4 Å². The molecule has 3 aromatic rings. The lowest BCUT2D eigenvalue weighted by atomic mass is 10.1. The molecule has 2 heterocycles. The zero-order valence-electron chi connectivity index (χ0n) is 23.3. The van der Waals surface area contributed by atoms with E-state index in [1.54, 1.807) is 13.0 Å². The second-order valence-corrected chi connectivity index (χ2v) is 10.5. The first-order valence-corrected chi connectivity index (χ1v) is 14.7. The first kappa shape index (κ1) is 30.5. The Labute approximate surface area is 248 Å². The van der Waals surface area contributed by atoms with E-state index >= 15 is 0 Å². The van der Waals surface area contributed by atoms with Crippen molar-refractivity contribution in [3.8, 4) is 11.4 Å². The van der Waals surface area contributed by atoms with E-state index in [9.17, 15) is 24.3 Å². The second kappa shape index (κ2) is 15.0. The van der Waals surface area contributed by atoms with E-state index < -0.39 is 29.9 Å². The van der Waals surface area contributed by atoms with Crippen LogP contribution in [-0.4, -0.2) is 87.6 Å². The van der Waals surface area contributed by atoms with Crippen LogP contribution >= 0.6 is 11.8 Å². The van der Waals surface area contributed by atoms with Crippen LogP contribution in [0.15, 0.2) is 71.8 Å². The number of rotatable bonds is 11. The highest BCUT2D eigenvalue weighted by Gasteiger charge is 2.31. The number of aliphatic carboxylic acids is 1. The number of piperazine rings is 1. The zero-order valence-corrected chi connectivity index (χ0v) is 24.1. The van der Waals surface area contributed by atoms with E-state index in [1.807, 2.05) is 60.7 Å². The second-order valence-electron chi connectivity index (χ2n) is 9.53. The van der Waals surface area contributed by atoms with Crippen molar-refractivity contribution in [2.75, 3.05) is 32.8 Å². The Morgan fingerprint density at radius 3 is 2.24 bits per heavy atom. The minimum absolute atomic E-state index is 0.0691. The Hall–Kier alpha value is -4.45. The molecule has 220 valence electrons. The molecule has 4 rings (SSSR count). The van der Waals surface area contributed by atoms with Crippen LogP contribution in [0.25, 0.3) is 11.4 Å². The molecule has 0 aliphatic carbocycles. The fourth-order valence-electron chi connectivity index (χ4n) is 4.37. The Bertz CT molecular complexity index is 1380. The van der Waals surface area contributed by atoms with Gasteiger partial charge in [-0.15, -0.1) is 11.8 Å². The van der Waals surface area contributed by atoms with Gasteiger partial charge in [-0.05, 0) is 18.9 Å². The fraction of sp³-hybridized carbons (Fsp3) is 0.333. The fourth-order valence-corrected chi connectivity index (χ4v) is 5.22. The van der Waals surface area contributed by atoms with Crippen molar-refractivity contribution in [1.29, 1.82) is 0 Å². The van der Waals surface area contributed by atoms with Crippen molar-refractivity contribution in [1.82, 2.24) is 25.1 Å². The van der Waals surface area contributed by atoms with Crippen LogP contribution in [0.3, 0.4) is 0 Å². The summed E-state index contributed by atoms with van der Waals surface area (Å²) in [6.07, 6.45) is -0.847. The molecule has 0 radical (unpaired) electrons. The highest BCUT2D eigenvalue weighted by atomic mass is 32.2. The van der Waals surface area contributed by atoms with Crippen LogP contribution in [-0.2, 0) is 20.1 Å². The van der Waals surface area contributed by atoms with Gasteiger partial charge in [0.15, 0.2) is 5.82 Å². The topological polar surface area (TPSA) is 142 Å². The van der Waals surface area contributed by atoms with Gasteiger partial charge in [-0.2, -0.15) is 0 Å². The van der Waals surface area contributed by atoms with Crippen LogP contribution in [0.2, 0.25) is 0 Å². The van der Waals surface area contributed by atoms with Crippen LogP contribution in [0.4, 0.5) is 4.79 Å². The quantitative estimate of drug-likeness (QED) is 0.252. The number of aromatic nitrogens is 2. The maximum atomic E-state index is 13.5. The molecule has 2 N–H and O–H groups in total. The summed E-state index contributed by atoms with van der Waals surface area (Å²) in [4.78, 5) is 62.5. The molecule has 2 aromatic carbocycles. The number of amides is 3. The number of hydrogen-bond donors (Lipinski definition) is 2. The van der Waals surface area contributed by atoms with E-state index in [-0.39, 0.29) is 51.3 Å². The Kier molecular flexibility index (Phi) is 10.9. The van der Waals surface area contributed by atoms with Crippen molar-refractivity contribution in [3.05, 3.63) is 78.0 Å². The number of carboxylic acid groups (broad SMARTS) is 1. The molecular formula is C30H33N5O6S. The minimum atomic E-state index is -1.08. The van der Waals surface area contributed by atoms with Crippen molar-refractivity contribution in [3.63, 3.8) is 0 Å².